The number of fused-ring (bicyclic) bond motifs is 1. The molecule has 1 heterocycles. The van der Waals surface area contributed by atoms with Crippen LogP contribution < -0.4 is 11.1 Å². The largest absolute Gasteiger partial charge is 0.338 e. The Bertz CT molecular complexity index is 585. The van der Waals surface area contributed by atoms with Crippen molar-refractivity contribution in [3.63, 3.8) is 0 Å². The minimum absolute atomic E-state index is 0.0121. The number of hydrogen-bond acceptors (Lipinski definition) is 3. The maximum atomic E-state index is 12.7. The number of carbonyl (C=O) groups is 2. The average molecular weight is 287 g/mol. The van der Waals surface area contributed by atoms with Gasteiger partial charge in [-0.15, -0.1) is 0 Å². The first-order chi connectivity index (χ1) is 10.1. The summed E-state index contributed by atoms with van der Waals surface area (Å²) in [5, 5.41) is 2.78. The van der Waals surface area contributed by atoms with Crippen LogP contribution in [0.2, 0.25) is 0 Å². The van der Waals surface area contributed by atoms with Crippen LogP contribution in [-0.2, 0) is 11.2 Å². The number of hydrogen-bond donors (Lipinski definition) is 2. The van der Waals surface area contributed by atoms with Gasteiger partial charge in [0, 0.05) is 24.3 Å². The van der Waals surface area contributed by atoms with Gasteiger partial charge in [0.1, 0.15) is 0 Å². The van der Waals surface area contributed by atoms with Crippen molar-refractivity contribution in [3.05, 3.63) is 29.3 Å². The monoisotopic (exact) mass is 287 g/mol. The third-order valence-electron chi connectivity index (χ3n) is 4.72. The minimum Gasteiger partial charge on any atom is -0.338 e. The van der Waals surface area contributed by atoms with E-state index in [2.05, 4.69) is 5.32 Å². The van der Waals surface area contributed by atoms with Gasteiger partial charge in [0.05, 0.1) is 6.42 Å². The smallest absolute Gasteiger partial charge is 0.253 e. The zero-order valence-electron chi connectivity index (χ0n) is 12.3. The number of nitrogens with zero attached hydrogens (tertiary/aromatic N) is 1. The molecule has 2 atom stereocenters. The second-order valence-corrected chi connectivity index (χ2v) is 6.01. The van der Waals surface area contributed by atoms with Gasteiger partial charge in [-0.2, -0.15) is 0 Å². The Kier molecular flexibility index (Phi) is 3.68. The summed E-state index contributed by atoms with van der Waals surface area (Å²) in [5.41, 5.74) is 8.18. The highest BCUT2D eigenvalue weighted by atomic mass is 16.2. The third kappa shape index (κ3) is 2.53. The van der Waals surface area contributed by atoms with Gasteiger partial charge in [-0.1, -0.05) is 6.42 Å². The van der Waals surface area contributed by atoms with Crippen molar-refractivity contribution in [2.45, 2.75) is 31.7 Å². The van der Waals surface area contributed by atoms with Gasteiger partial charge < -0.3 is 16.0 Å². The Labute approximate surface area is 124 Å². The Morgan fingerprint density at radius 2 is 2.24 bits per heavy atom. The molecule has 0 bridgehead atoms. The van der Waals surface area contributed by atoms with Crippen molar-refractivity contribution in [2.75, 3.05) is 18.9 Å². The van der Waals surface area contributed by atoms with Crippen LogP contribution in [-0.4, -0.2) is 36.3 Å². The summed E-state index contributed by atoms with van der Waals surface area (Å²) in [6, 6.07) is 5.67. The molecule has 1 aromatic carbocycles. The molecule has 1 aromatic rings. The molecule has 5 heteroatoms. The van der Waals surface area contributed by atoms with Gasteiger partial charge in [0.15, 0.2) is 0 Å². The molecule has 3 N–H and O–H groups in total. The summed E-state index contributed by atoms with van der Waals surface area (Å²) in [7, 11) is 1.86. The summed E-state index contributed by atoms with van der Waals surface area (Å²) in [6.45, 7) is 0.630. The van der Waals surface area contributed by atoms with Crippen LogP contribution in [0.25, 0.3) is 0 Å². The van der Waals surface area contributed by atoms with Crippen LogP contribution in [0.3, 0.4) is 0 Å². The quantitative estimate of drug-likeness (QED) is 0.882. The van der Waals surface area contributed by atoms with E-state index in [1.165, 1.54) is 0 Å². The van der Waals surface area contributed by atoms with Crippen molar-refractivity contribution < 1.29 is 9.59 Å². The molecule has 21 heavy (non-hydrogen) atoms. The SMILES string of the molecule is CN(C(=O)c1ccc2c(c1)CC(=O)N2)C1CCCC1CN. The Balaban J connectivity index is 1.79. The highest BCUT2D eigenvalue weighted by molar-refractivity contribution is 6.01. The second-order valence-electron chi connectivity index (χ2n) is 6.01. The maximum absolute atomic E-state index is 12.7. The van der Waals surface area contributed by atoms with Gasteiger partial charge in [0.2, 0.25) is 5.91 Å². The normalized spacial score (nSPS) is 23.8. The van der Waals surface area contributed by atoms with E-state index < -0.39 is 0 Å². The molecule has 2 aliphatic rings. The Morgan fingerprint density at radius 3 is 3.00 bits per heavy atom. The van der Waals surface area contributed by atoms with Gasteiger partial charge in [-0.05, 0) is 49.1 Å². The van der Waals surface area contributed by atoms with Crippen LogP contribution in [0.15, 0.2) is 18.2 Å². The van der Waals surface area contributed by atoms with Crippen LogP contribution in [0.1, 0.15) is 35.2 Å². The van der Waals surface area contributed by atoms with Crippen LogP contribution in [0.4, 0.5) is 5.69 Å². The number of amides is 2. The molecule has 5 nitrogen and oxygen atoms in total. The van der Waals surface area contributed by atoms with Crippen molar-refractivity contribution in [3.8, 4) is 0 Å². The molecule has 2 unspecified atom stereocenters. The van der Waals surface area contributed by atoms with Crippen molar-refractivity contribution in [1.29, 1.82) is 0 Å². The lowest BCUT2D eigenvalue weighted by atomic mass is 10.0. The lowest BCUT2D eigenvalue weighted by Gasteiger charge is -2.29. The first-order valence-corrected chi connectivity index (χ1v) is 7.50. The van der Waals surface area contributed by atoms with E-state index in [0.717, 1.165) is 30.5 Å². The number of nitrogens with two attached hydrogens (primary N) is 1. The van der Waals surface area contributed by atoms with Gasteiger partial charge in [-0.3, -0.25) is 9.59 Å². The van der Waals surface area contributed by atoms with Crippen LogP contribution in [0.5, 0.6) is 0 Å². The fraction of sp³-hybridized carbons (Fsp3) is 0.500. The standard InChI is InChI=1S/C16H21N3O2/c1-19(14-4-2-3-11(14)9-17)16(21)10-5-6-13-12(7-10)8-15(20)18-13/h5-7,11,14H,2-4,8-9,17H2,1H3,(H,18,20). The minimum atomic E-state index is -0.0121. The molecule has 0 saturated heterocycles. The Morgan fingerprint density at radius 1 is 1.43 bits per heavy atom. The number of carbonyl (C=O) groups excluding carboxylic acids is 2. The highest BCUT2D eigenvalue weighted by Crippen LogP contribution is 2.30. The summed E-state index contributed by atoms with van der Waals surface area (Å²) < 4.78 is 0. The average Bonchev–Trinajstić information content (AvgIpc) is 3.09. The van der Waals surface area contributed by atoms with E-state index >= 15 is 0 Å². The number of anilines is 1. The van der Waals surface area contributed by atoms with Gasteiger partial charge in [-0.25, -0.2) is 0 Å². The molecule has 1 aliphatic carbocycles. The molecule has 1 aliphatic heterocycles. The fourth-order valence-corrected chi connectivity index (χ4v) is 3.52. The Hall–Kier alpha value is -1.88. The molecule has 0 radical (unpaired) electrons. The van der Waals surface area contributed by atoms with E-state index in [9.17, 15) is 9.59 Å². The molecule has 1 fully saturated rings. The number of nitrogens with one attached hydrogen (secondary N) is 1. The lowest BCUT2D eigenvalue weighted by Crippen LogP contribution is -2.41. The zero-order valence-corrected chi connectivity index (χ0v) is 12.3. The van der Waals surface area contributed by atoms with E-state index in [1.807, 2.05) is 24.1 Å². The molecule has 0 aromatic heterocycles. The van der Waals surface area contributed by atoms with E-state index in [4.69, 9.17) is 5.73 Å². The number of rotatable bonds is 3. The predicted octanol–water partition coefficient (Wildman–Crippen LogP) is 1.38. The van der Waals surface area contributed by atoms with Gasteiger partial charge in [0.25, 0.3) is 5.91 Å². The molecule has 3 rings (SSSR count). The highest BCUT2D eigenvalue weighted by Gasteiger charge is 2.32. The maximum Gasteiger partial charge on any atom is 0.253 e. The van der Waals surface area contributed by atoms with E-state index in [1.54, 1.807) is 6.07 Å². The van der Waals surface area contributed by atoms with Crippen molar-refractivity contribution in [2.24, 2.45) is 11.7 Å². The first-order valence-electron chi connectivity index (χ1n) is 7.50. The summed E-state index contributed by atoms with van der Waals surface area (Å²) >= 11 is 0. The van der Waals surface area contributed by atoms with Crippen LogP contribution >= 0.6 is 0 Å². The zero-order chi connectivity index (χ0) is 15.0. The third-order valence-corrected chi connectivity index (χ3v) is 4.72. The van der Waals surface area contributed by atoms with Crippen molar-refractivity contribution >= 4 is 17.5 Å². The summed E-state index contributed by atoms with van der Waals surface area (Å²) in [6.07, 6.45) is 3.61. The molecule has 0 spiro atoms. The van der Waals surface area contributed by atoms with Crippen molar-refractivity contribution in [1.82, 2.24) is 4.90 Å². The molecular weight excluding hydrogens is 266 g/mol. The molecule has 112 valence electrons. The fourth-order valence-electron chi connectivity index (χ4n) is 3.52. The predicted molar refractivity (Wildman–Crippen MR) is 81.1 cm³/mol. The molecular formula is C16H21N3O2. The van der Waals surface area contributed by atoms with Gasteiger partial charge >= 0.3 is 0 Å². The van der Waals surface area contributed by atoms with E-state index in [0.29, 0.717) is 24.4 Å². The number of benzene rings is 1. The lowest BCUT2D eigenvalue weighted by molar-refractivity contribution is -0.115. The van der Waals surface area contributed by atoms with E-state index in [-0.39, 0.29) is 17.9 Å². The molecule has 1 saturated carbocycles. The molecule has 2 amide bonds. The topological polar surface area (TPSA) is 75.4 Å². The first kappa shape index (κ1) is 14.1. The summed E-state index contributed by atoms with van der Waals surface area (Å²) in [4.78, 5) is 25.9. The second kappa shape index (κ2) is 5.48. The van der Waals surface area contributed by atoms with Crippen LogP contribution in [0, 0.1) is 5.92 Å². The summed E-state index contributed by atoms with van der Waals surface area (Å²) in [5.74, 6) is 0.404.